The van der Waals surface area contributed by atoms with E-state index in [9.17, 15) is 4.79 Å². The minimum Gasteiger partial charge on any atom is -0.341 e. The van der Waals surface area contributed by atoms with E-state index < -0.39 is 0 Å². The number of hydrogen-bond acceptors (Lipinski definition) is 2. The Labute approximate surface area is 119 Å². The zero-order valence-corrected chi connectivity index (χ0v) is 11.7. The van der Waals surface area contributed by atoms with Gasteiger partial charge in [0, 0.05) is 31.3 Å². The first kappa shape index (κ1) is 13.2. The lowest BCUT2D eigenvalue weighted by Crippen LogP contribution is -2.37. The lowest BCUT2D eigenvalue weighted by atomic mass is 10.1. The second kappa shape index (κ2) is 5.67. The quantitative estimate of drug-likeness (QED) is 0.929. The molecule has 1 aliphatic heterocycles. The number of amides is 1. The number of fused-ring (bicyclic) bond motifs is 1. The molecule has 20 heavy (non-hydrogen) atoms. The monoisotopic (exact) mass is 271 g/mol. The van der Waals surface area contributed by atoms with Crippen molar-refractivity contribution < 1.29 is 4.79 Å². The highest BCUT2D eigenvalue weighted by molar-refractivity contribution is 5.84. The zero-order chi connectivity index (χ0) is 13.9. The van der Waals surface area contributed by atoms with Gasteiger partial charge in [-0.15, -0.1) is 0 Å². The molecule has 106 valence electrons. The van der Waals surface area contributed by atoms with Crippen molar-refractivity contribution in [1.29, 1.82) is 0 Å². The number of nitrogens with two attached hydrogens (primary N) is 1. The Morgan fingerprint density at radius 1 is 1.15 bits per heavy atom. The van der Waals surface area contributed by atoms with Crippen molar-refractivity contribution in [3.05, 3.63) is 36.0 Å². The molecule has 0 bridgehead atoms. The summed E-state index contributed by atoms with van der Waals surface area (Å²) in [5.74, 6) is 0.227. The zero-order valence-electron chi connectivity index (χ0n) is 11.7. The molecule has 2 N–H and O–H groups in total. The van der Waals surface area contributed by atoms with Crippen LogP contribution in [0.25, 0.3) is 10.9 Å². The van der Waals surface area contributed by atoms with Crippen molar-refractivity contribution in [3.8, 4) is 0 Å². The van der Waals surface area contributed by atoms with E-state index in [4.69, 9.17) is 5.73 Å². The Morgan fingerprint density at radius 3 is 2.70 bits per heavy atom. The Kier molecular flexibility index (Phi) is 3.74. The fourth-order valence-electron chi connectivity index (χ4n) is 2.90. The van der Waals surface area contributed by atoms with Crippen molar-refractivity contribution in [2.75, 3.05) is 13.1 Å². The van der Waals surface area contributed by atoms with E-state index in [1.165, 1.54) is 6.42 Å². The van der Waals surface area contributed by atoms with Crippen LogP contribution in [-0.2, 0) is 17.9 Å². The lowest BCUT2D eigenvalue weighted by Gasteiger charge is -2.27. The van der Waals surface area contributed by atoms with Crippen molar-refractivity contribution in [3.63, 3.8) is 0 Å². The third kappa shape index (κ3) is 2.56. The van der Waals surface area contributed by atoms with Crippen LogP contribution < -0.4 is 5.73 Å². The third-order valence-corrected chi connectivity index (χ3v) is 4.09. The second-order valence-electron chi connectivity index (χ2n) is 5.48. The molecule has 0 spiro atoms. The second-order valence-corrected chi connectivity index (χ2v) is 5.48. The van der Waals surface area contributed by atoms with Gasteiger partial charge in [0.2, 0.25) is 5.91 Å². The van der Waals surface area contributed by atoms with Gasteiger partial charge in [-0.1, -0.05) is 6.07 Å². The van der Waals surface area contributed by atoms with E-state index in [0.717, 1.165) is 42.4 Å². The summed E-state index contributed by atoms with van der Waals surface area (Å²) in [5, 5.41) is 1.15. The Balaban J connectivity index is 1.78. The first-order valence-electron chi connectivity index (χ1n) is 7.33. The molecule has 1 aliphatic rings. The van der Waals surface area contributed by atoms with E-state index in [-0.39, 0.29) is 5.91 Å². The van der Waals surface area contributed by atoms with Crippen molar-refractivity contribution in [2.24, 2.45) is 5.73 Å². The number of benzene rings is 1. The number of hydrogen-bond donors (Lipinski definition) is 1. The SMILES string of the molecule is NCc1ccc2c(ccn2CC(=O)N2CCCCC2)c1. The third-order valence-electron chi connectivity index (χ3n) is 4.09. The Bertz CT molecular complexity index is 611. The van der Waals surface area contributed by atoms with Gasteiger partial charge in [0.05, 0.1) is 0 Å². The molecular formula is C16H21N3O. The first-order valence-corrected chi connectivity index (χ1v) is 7.33. The first-order chi connectivity index (χ1) is 9.78. The Hall–Kier alpha value is -1.81. The van der Waals surface area contributed by atoms with Crippen LogP contribution in [0.4, 0.5) is 0 Å². The highest BCUT2D eigenvalue weighted by Crippen LogP contribution is 2.18. The molecule has 1 fully saturated rings. The molecule has 0 saturated carbocycles. The van der Waals surface area contributed by atoms with Crippen LogP contribution in [0.1, 0.15) is 24.8 Å². The molecule has 1 saturated heterocycles. The van der Waals surface area contributed by atoms with Gasteiger partial charge in [0.25, 0.3) is 0 Å². The van der Waals surface area contributed by atoms with E-state index in [2.05, 4.69) is 18.2 Å². The molecule has 4 nitrogen and oxygen atoms in total. The molecule has 1 aromatic carbocycles. The average Bonchev–Trinajstić information content (AvgIpc) is 2.90. The van der Waals surface area contributed by atoms with Gasteiger partial charge in [-0.25, -0.2) is 0 Å². The van der Waals surface area contributed by atoms with Crippen LogP contribution in [0.2, 0.25) is 0 Å². The molecule has 3 rings (SSSR count). The van der Waals surface area contributed by atoms with Crippen LogP contribution in [0, 0.1) is 0 Å². The van der Waals surface area contributed by atoms with E-state index in [0.29, 0.717) is 13.1 Å². The number of rotatable bonds is 3. The highest BCUT2D eigenvalue weighted by atomic mass is 16.2. The highest BCUT2D eigenvalue weighted by Gasteiger charge is 2.17. The van der Waals surface area contributed by atoms with E-state index >= 15 is 0 Å². The lowest BCUT2D eigenvalue weighted by molar-refractivity contribution is -0.132. The minimum atomic E-state index is 0.227. The largest absolute Gasteiger partial charge is 0.341 e. The summed E-state index contributed by atoms with van der Waals surface area (Å²) in [5.41, 5.74) is 7.89. The topological polar surface area (TPSA) is 51.3 Å². The molecule has 1 amide bonds. The standard InChI is InChI=1S/C16H21N3O/c17-11-13-4-5-15-14(10-13)6-9-19(15)12-16(20)18-7-2-1-3-8-18/h4-6,9-10H,1-3,7-8,11-12,17H2. The van der Waals surface area contributed by atoms with Gasteiger partial charge in [-0.05, 0) is 48.4 Å². The van der Waals surface area contributed by atoms with Gasteiger partial charge >= 0.3 is 0 Å². The summed E-state index contributed by atoms with van der Waals surface area (Å²) in [6.07, 6.45) is 5.51. The van der Waals surface area contributed by atoms with Crippen LogP contribution in [0.3, 0.4) is 0 Å². The molecule has 0 radical (unpaired) electrons. The van der Waals surface area contributed by atoms with Gasteiger partial charge in [-0.3, -0.25) is 4.79 Å². The van der Waals surface area contributed by atoms with Gasteiger partial charge in [-0.2, -0.15) is 0 Å². The van der Waals surface area contributed by atoms with Crippen molar-refractivity contribution >= 4 is 16.8 Å². The number of nitrogens with zero attached hydrogens (tertiary/aromatic N) is 2. The summed E-state index contributed by atoms with van der Waals surface area (Å²) in [6.45, 7) is 2.81. The molecule has 2 heterocycles. The number of aromatic nitrogens is 1. The van der Waals surface area contributed by atoms with Crippen LogP contribution in [-0.4, -0.2) is 28.5 Å². The molecule has 2 aromatic rings. The van der Waals surface area contributed by atoms with E-state index in [1.54, 1.807) is 0 Å². The van der Waals surface area contributed by atoms with Crippen LogP contribution in [0.15, 0.2) is 30.5 Å². The van der Waals surface area contributed by atoms with Gasteiger partial charge in [0.1, 0.15) is 6.54 Å². The molecule has 0 atom stereocenters. The summed E-state index contributed by atoms with van der Waals surface area (Å²) in [7, 11) is 0. The number of carbonyl (C=O) groups excluding carboxylic acids is 1. The fourth-order valence-corrected chi connectivity index (χ4v) is 2.90. The summed E-state index contributed by atoms with van der Waals surface area (Å²) >= 11 is 0. The fraction of sp³-hybridized carbons (Fsp3) is 0.438. The van der Waals surface area contributed by atoms with Crippen LogP contribution in [0.5, 0.6) is 0 Å². The maximum absolute atomic E-state index is 12.3. The number of carbonyl (C=O) groups is 1. The summed E-state index contributed by atoms with van der Waals surface area (Å²) in [6, 6.07) is 8.24. The van der Waals surface area contributed by atoms with Crippen LogP contribution >= 0.6 is 0 Å². The maximum Gasteiger partial charge on any atom is 0.242 e. The predicted molar refractivity (Wildman–Crippen MR) is 80.3 cm³/mol. The molecular weight excluding hydrogens is 250 g/mol. The summed E-state index contributed by atoms with van der Waals surface area (Å²) in [4.78, 5) is 14.3. The predicted octanol–water partition coefficient (Wildman–Crippen LogP) is 2.11. The normalized spacial score (nSPS) is 15.8. The van der Waals surface area contributed by atoms with Crippen molar-refractivity contribution in [1.82, 2.24) is 9.47 Å². The molecule has 1 aromatic heterocycles. The van der Waals surface area contributed by atoms with E-state index in [1.807, 2.05) is 21.7 Å². The molecule has 4 heteroatoms. The Morgan fingerprint density at radius 2 is 1.95 bits per heavy atom. The number of likely N-dealkylation sites (tertiary alicyclic amines) is 1. The van der Waals surface area contributed by atoms with Crippen molar-refractivity contribution in [2.45, 2.75) is 32.4 Å². The molecule has 0 unspecified atom stereocenters. The molecule has 0 aliphatic carbocycles. The maximum atomic E-state index is 12.3. The summed E-state index contributed by atoms with van der Waals surface area (Å²) < 4.78 is 2.03. The number of piperidine rings is 1. The smallest absolute Gasteiger partial charge is 0.242 e. The van der Waals surface area contributed by atoms with Gasteiger partial charge in [0.15, 0.2) is 0 Å². The minimum absolute atomic E-state index is 0.227. The average molecular weight is 271 g/mol. The van der Waals surface area contributed by atoms with Gasteiger partial charge < -0.3 is 15.2 Å².